The highest BCUT2D eigenvalue weighted by atomic mass is 16.5. The molecule has 1 aromatic rings. The number of rotatable bonds is 12. The van der Waals surface area contributed by atoms with Gasteiger partial charge in [0.15, 0.2) is 5.96 Å². The first-order valence-corrected chi connectivity index (χ1v) is 10.7. The molecule has 0 unspecified atom stereocenters. The van der Waals surface area contributed by atoms with Crippen LogP contribution < -0.4 is 15.4 Å². The maximum atomic E-state index is 6.05. The summed E-state index contributed by atoms with van der Waals surface area (Å²) in [6.07, 6.45) is 0.953. The van der Waals surface area contributed by atoms with Crippen molar-refractivity contribution in [3.63, 3.8) is 0 Å². The van der Waals surface area contributed by atoms with E-state index in [4.69, 9.17) is 14.2 Å². The van der Waals surface area contributed by atoms with E-state index in [1.54, 1.807) is 7.05 Å². The molecule has 7 nitrogen and oxygen atoms in total. The molecule has 1 saturated heterocycles. The fraction of sp³-hybridized carbons (Fsp3) is 0.682. The zero-order chi connectivity index (χ0) is 20.7. The highest BCUT2D eigenvalue weighted by Crippen LogP contribution is 2.17. The molecule has 0 bridgehead atoms. The maximum Gasteiger partial charge on any atom is 0.191 e. The zero-order valence-corrected chi connectivity index (χ0v) is 18.3. The van der Waals surface area contributed by atoms with Crippen LogP contribution in [0.2, 0.25) is 0 Å². The van der Waals surface area contributed by atoms with Gasteiger partial charge >= 0.3 is 0 Å². The Morgan fingerprint density at radius 2 is 1.97 bits per heavy atom. The topological polar surface area (TPSA) is 67.4 Å². The van der Waals surface area contributed by atoms with Crippen molar-refractivity contribution in [3.8, 4) is 5.75 Å². The Morgan fingerprint density at radius 1 is 1.17 bits per heavy atom. The minimum absolute atomic E-state index is 0.577. The molecule has 0 aromatic heterocycles. The fourth-order valence-corrected chi connectivity index (χ4v) is 3.00. The Hall–Kier alpha value is -1.83. The van der Waals surface area contributed by atoms with Gasteiger partial charge in [-0.2, -0.15) is 0 Å². The lowest BCUT2D eigenvalue weighted by Gasteiger charge is -2.26. The van der Waals surface area contributed by atoms with Gasteiger partial charge in [0, 0.05) is 58.5 Å². The Labute approximate surface area is 175 Å². The second kappa shape index (κ2) is 14.2. The lowest BCUT2D eigenvalue weighted by molar-refractivity contribution is 0.0322. The normalized spacial score (nSPS) is 15.5. The van der Waals surface area contributed by atoms with E-state index in [9.17, 15) is 0 Å². The summed E-state index contributed by atoms with van der Waals surface area (Å²) >= 11 is 0. The molecular weight excluding hydrogens is 368 g/mol. The quantitative estimate of drug-likeness (QED) is 0.315. The van der Waals surface area contributed by atoms with Crippen molar-refractivity contribution in [2.45, 2.75) is 26.8 Å². The predicted octanol–water partition coefficient (Wildman–Crippen LogP) is 2.13. The van der Waals surface area contributed by atoms with Crippen LogP contribution in [0, 0.1) is 5.92 Å². The number of benzene rings is 1. The first-order valence-electron chi connectivity index (χ1n) is 10.7. The molecule has 164 valence electrons. The summed E-state index contributed by atoms with van der Waals surface area (Å²) in [5.41, 5.74) is 1.12. The summed E-state index contributed by atoms with van der Waals surface area (Å²) in [4.78, 5) is 6.67. The summed E-state index contributed by atoms with van der Waals surface area (Å²) in [5, 5.41) is 6.70. The highest BCUT2D eigenvalue weighted by Gasteiger charge is 2.10. The van der Waals surface area contributed by atoms with Crippen LogP contribution in [-0.4, -0.2) is 77.1 Å². The van der Waals surface area contributed by atoms with Gasteiger partial charge in [-0.3, -0.25) is 9.89 Å². The van der Waals surface area contributed by atoms with Crippen LogP contribution in [0.5, 0.6) is 5.75 Å². The van der Waals surface area contributed by atoms with Crippen molar-refractivity contribution >= 4 is 5.96 Å². The minimum atomic E-state index is 0.577. The fourth-order valence-electron chi connectivity index (χ4n) is 3.00. The third kappa shape index (κ3) is 9.96. The van der Waals surface area contributed by atoms with Crippen LogP contribution in [0.25, 0.3) is 0 Å². The molecule has 1 fully saturated rings. The third-order valence-corrected chi connectivity index (χ3v) is 4.62. The monoisotopic (exact) mass is 406 g/mol. The third-order valence-electron chi connectivity index (χ3n) is 4.62. The molecule has 0 atom stereocenters. The molecule has 1 aliphatic rings. The number of nitrogens with one attached hydrogen (secondary N) is 2. The summed E-state index contributed by atoms with van der Waals surface area (Å²) in [5.74, 6) is 2.29. The predicted molar refractivity (Wildman–Crippen MR) is 118 cm³/mol. The van der Waals surface area contributed by atoms with Gasteiger partial charge in [-0.05, 0) is 18.4 Å². The van der Waals surface area contributed by atoms with Crippen molar-refractivity contribution in [1.29, 1.82) is 0 Å². The van der Waals surface area contributed by atoms with E-state index >= 15 is 0 Å². The van der Waals surface area contributed by atoms with Gasteiger partial charge < -0.3 is 24.8 Å². The Kier molecular flexibility index (Phi) is 11.5. The Bertz CT molecular complexity index is 589. The van der Waals surface area contributed by atoms with Gasteiger partial charge in [-0.15, -0.1) is 0 Å². The lowest BCUT2D eigenvalue weighted by atomic mass is 10.2. The van der Waals surface area contributed by atoms with Crippen molar-refractivity contribution < 1.29 is 14.2 Å². The highest BCUT2D eigenvalue weighted by molar-refractivity contribution is 5.79. The van der Waals surface area contributed by atoms with Crippen LogP contribution in [0.4, 0.5) is 0 Å². The molecule has 1 aliphatic heterocycles. The number of hydrogen-bond acceptors (Lipinski definition) is 5. The molecule has 1 aromatic carbocycles. The molecule has 0 saturated carbocycles. The number of nitrogens with zero attached hydrogens (tertiary/aromatic N) is 2. The molecule has 0 aliphatic carbocycles. The van der Waals surface area contributed by atoms with E-state index in [1.807, 2.05) is 18.2 Å². The van der Waals surface area contributed by atoms with Gasteiger partial charge in [0.05, 0.1) is 13.2 Å². The van der Waals surface area contributed by atoms with E-state index in [2.05, 4.69) is 40.4 Å². The van der Waals surface area contributed by atoms with Crippen LogP contribution in [0.1, 0.15) is 25.8 Å². The number of guanidine groups is 1. The molecule has 2 rings (SSSR count). The van der Waals surface area contributed by atoms with E-state index in [1.165, 1.54) is 0 Å². The summed E-state index contributed by atoms with van der Waals surface area (Å²) in [6, 6.07) is 8.16. The number of ether oxygens (including phenoxy) is 3. The molecule has 29 heavy (non-hydrogen) atoms. The van der Waals surface area contributed by atoms with Crippen LogP contribution >= 0.6 is 0 Å². The smallest absolute Gasteiger partial charge is 0.191 e. The zero-order valence-electron chi connectivity index (χ0n) is 18.3. The van der Waals surface area contributed by atoms with Gasteiger partial charge in [-0.25, -0.2) is 0 Å². The standard InChI is InChI=1S/C22H38N4O3/c1-19(2)18-28-13-6-9-24-22(23-3)25-17-20-7-4-5-8-21(20)29-16-12-26-10-14-27-15-11-26/h4-5,7-8,19H,6,9-18H2,1-3H3,(H2,23,24,25). The Morgan fingerprint density at radius 3 is 2.72 bits per heavy atom. The first-order chi connectivity index (χ1) is 14.2. The largest absolute Gasteiger partial charge is 0.492 e. The summed E-state index contributed by atoms with van der Waals surface area (Å²) < 4.78 is 17.1. The Balaban J connectivity index is 1.68. The van der Waals surface area contributed by atoms with E-state index < -0.39 is 0 Å². The van der Waals surface area contributed by atoms with Crippen LogP contribution in [-0.2, 0) is 16.0 Å². The van der Waals surface area contributed by atoms with Crippen molar-refractivity contribution in [2.75, 3.05) is 66.3 Å². The van der Waals surface area contributed by atoms with Gasteiger partial charge in [-0.1, -0.05) is 32.0 Å². The average molecular weight is 407 g/mol. The van der Waals surface area contributed by atoms with Crippen molar-refractivity contribution in [2.24, 2.45) is 10.9 Å². The molecule has 1 heterocycles. The van der Waals surface area contributed by atoms with Gasteiger partial charge in [0.2, 0.25) is 0 Å². The minimum Gasteiger partial charge on any atom is -0.492 e. The molecule has 0 radical (unpaired) electrons. The first kappa shape index (κ1) is 23.4. The van der Waals surface area contributed by atoms with Crippen LogP contribution in [0.3, 0.4) is 0 Å². The van der Waals surface area contributed by atoms with Crippen molar-refractivity contribution in [1.82, 2.24) is 15.5 Å². The van der Waals surface area contributed by atoms with Gasteiger partial charge in [0.1, 0.15) is 12.4 Å². The van der Waals surface area contributed by atoms with E-state index in [-0.39, 0.29) is 0 Å². The van der Waals surface area contributed by atoms with E-state index in [0.29, 0.717) is 19.1 Å². The number of morpholine rings is 1. The SMILES string of the molecule is CN=C(NCCCOCC(C)C)NCc1ccccc1OCCN1CCOCC1. The number of hydrogen-bond donors (Lipinski definition) is 2. The van der Waals surface area contributed by atoms with Crippen molar-refractivity contribution in [3.05, 3.63) is 29.8 Å². The molecular formula is C22H38N4O3. The van der Waals surface area contributed by atoms with Crippen LogP contribution in [0.15, 0.2) is 29.3 Å². The second-order valence-corrected chi connectivity index (χ2v) is 7.59. The average Bonchev–Trinajstić information content (AvgIpc) is 2.74. The molecule has 0 amide bonds. The lowest BCUT2D eigenvalue weighted by Crippen LogP contribution is -2.39. The summed E-state index contributed by atoms with van der Waals surface area (Å²) in [6.45, 7) is 12.6. The summed E-state index contributed by atoms with van der Waals surface area (Å²) in [7, 11) is 1.79. The molecule has 2 N–H and O–H groups in total. The molecule has 0 spiro atoms. The number of aliphatic imine (C=N–C) groups is 1. The van der Waals surface area contributed by atoms with Gasteiger partial charge in [0.25, 0.3) is 0 Å². The maximum absolute atomic E-state index is 6.05. The molecule has 7 heteroatoms. The second-order valence-electron chi connectivity index (χ2n) is 7.59. The van der Waals surface area contributed by atoms with E-state index in [0.717, 1.165) is 76.3 Å². The number of para-hydroxylation sites is 1.